The van der Waals surface area contributed by atoms with Gasteiger partial charge < -0.3 is 25.8 Å². The second kappa shape index (κ2) is 1.97. The first-order chi connectivity index (χ1) is 5.49. The van der Waals surface area contributed by atoms with E-state index in [9.17, 15) is 20.1 Å². The molecule has 0 aromatic rings. The number of ether oxygens (including phenoxy) is 1. The molecule has 2 bridgehead atoms. The number of aliphatic hydroxyl groups is 3. The Hall–Kier alpha value is -0.690. The van der Waals surface area contributed by atoms with Gasteiger partial charge in [0.15, 0.2) is 11.6 Å². The Morgan fingerprint density at radius 2 is 1.92 bits per heavy atom. The molecule has 2 rings (SSSR count). The number of carbonyl (C=O) groups excluding carboxylic acids is 1. The summed E-state index contributed by atoms with van der Waals surface area (Å²) in [5.41, 5.74) is 3.54. The number of hydrogen-bond donors (Lipinski definition) is 4. The highest BCUT2D eigenvalue weighted by Gasteiger charge is 2.69. The molecule has 1 saturated carbocycles. The van der Waals surface area contributed by atoms with Crippen LogP contribution in [0.2, 0.25) is 0 Å². The van der Waals surface area contributed by atoms with Gasteiger partial charge in [-0.2, -0.15) is 0 Å². The minimum absolute atomic E-state index is 0.863. The van der Waals surface area contributed by atoms with E-state index in [-0.39, 0.29) is 0 Å². The quantitative estimate of drug-likeness (QED) is 0.287. The monoisotopic (exact) mass is 175 g/mol. The van der Waals surface area contributed by atoms with E-state index >= 15 is 0 Å². The second-order valence-corrected chi connectivity index (χ2v) is 3.18. The number of nitrogens with two attached hydrogens (primary N) is 1. The van der Waals surface area contributed by atoms with Gasteiger partial charge >= 0.3 is 5.97 Å². The SMILES string of the molecule is N[C@@]12C(=O)O[C@@H]([C@H](O)[C@@H]1O)[C@@H]2O. The molecule has 1 heterocycles. The summed E-state index contributed by atoms with van der Waals surface area (Å²) in [5.74, 6) is -0.863. The van der Waals surface area contributed by atoms with Crippen molar-refractivity contribution in [2.45, 2.75) is 30.0 Å². The molecule has 5 N–H and O–H groups in total. The number of rotatable bonds is 0. The summed E-state index contributed by atoms with van der Waals surface area (Å²) in [7, 11) is 0. The molecule has 1 saturated heterocycles. The van der Waals surface area contributed by atoms with Gasteiger partial charge in [-0.1, -0.05) is 0 Å². The third kappa shape index (κ3) is 0.579. The van der Waals surface area contributed by atoms with Crippen molar-refractivity contribution in [3.8, 4) is 0 Å². The molecule has 68 valence electrons. The van der Waals surface area contributed by atoms with E-state index in [1.165, 1.54) is 0 Å². The highest BCUT2D eigenvalue weighted by atomic mass is 16.6. The topological polar surface area (TPSA) is 113 Å². The van der Waals surface area contributed by atoms with Crippen molar-refractivity contribution in [2.24, 2.45) is 5.73 Å². The smallest absolute Gasteiger partial charge is 0.332 e. The summed E-state index contributed by atoms with van der Waals surface area (Å²) in [5, 5.41) is 27.7. The average molecular weight is 175 g/mol. The number of esters is 1. The summed E-state index contributed by atoms with van der Waals surface area (Å²) in [6.45, 7) is 0. The maximum Gasteiger partial charge on any atom is 0.332 e. The zero-order valence-electron chi connectivity index (χ0n) is 6.04. The van der Waals surface area contributed by atoms with Gasteiger partial charge in [0, 0.05) is 0 Å². The van der Waals surface area contributed by atoms with Gasteiger partial charge in [-0.3, -0.25) is 0 Å². The van der Waals surface area contributed by atoms with Gasteiger partial charge in [0.1, 0.15) is 18.3 Å². The third-order valence-electron chi connectivity index (χ3n) is 2.55. The van der Waals surface area contributed by atoms with Crippen LogP contribution in [0.15, 0.2) is 0 Å². The lowest BCUT2D eigenvalue weighted by Crippen LogP contribution is -2.61. The lowest BCUT2D eigenvalue weighted by molar-refractivity contribution is -0.167. The molecule has 5 atom stereocenters. The molecule has 0 aromatic carbocycles. The van der Waals surface area contributed by atoms with Crippen LogP contribution in [0.25, 0.3) is 0 Å². The van der Waals surface area contributed by atoms with E-state index in [0.717, 1.165) is 0 Å². The summed E-state index contributed by atoms with van der Waals surface area (Å²) in [4.78, 5) is 10.9. The maximum absolute atomic E-state index is 10.9. The predicted octanol–water partition coefficient (Wildman–Crippen LogP) is -3.29. The van der Waals surface area contributed by atoms with Gasteiger partial charge in [0.05, 0.1) is 0 Å². The van der Waals surface area contributed by atoms with Gasteiger partial charge in [0.25, 0.3) is 0 Å². The van der Waals surface area contributed by atoms with E-state index in [4.69, 9.17) is 5.73 Å². The van der Waals surface area contributed by atoms with E-state index in [1.807, 2.05) is 0 Å². The fourth-order valence-corrected chi connectivity index (χ4v) is 1.70. The largest absolute Gasteiger partial charge is 0.455 e. The summed E-state index contributed by atoms with van der Waals surface area (Å²) in [6, 6.07) is 0. The maximum atomic E-state index is 10.9. The molecule has 1 aliphatic heterocycles. The highest BCUT2D eigenvalue weighted by Crippen LogP contribution is 2.38. The van der Waals surface area contributed by atoms with E-state index in [2.05, 4.69) is 4.74 Å². The first kappa shape index (κ1) is 7.93. The second-order valence-electron chi connectivity index (χ2n) is 3.18. The highest BCUT2D eigenvalue weighted by molar-refractivity contribution is 5.86. The summed E-state index contributed by atoms with van der Waals surface area (Å²) in [6.07, 6.45) is -5.14. The van der Waals surface area contributed by atoms with Crippen molar-refractivity contribution in [3.05, 3.63) is 0 Å². The van der Waals surface area contributed by atoms with Gasteiger partial charge in [-0.05, 0) is 0 Å². The molecule has 2 aliphatic rings. The van der Waals surface area contributed by atoms with Crippen molar-refractivity contribution >= 4 is 5.97 Å². The number of carbonyl (C=O) groups is 1. The molecule has 0 unspecified atom stereocenters. The number of aliphatic hydroxyl groups excluding tert-OH is 3. The van der Waals surface area contributed by atoms with Crippen LogP contribution < -0.4 is 5.73 Å². The number of hydrogen-bond acceptors (Lipinski definition) is 6. The normalized spacial score (nSPS) is 57.5. The Labute approximate surface area is 67.5 Å². The molecule has 0 amide bonds. The zero-order valence-corrected chi connectivity index (χ0v) is 6.04. The zero-order chi connectivity index (χ0) is 9.09. The first-order valence-corrected chi connectivity index (χ1v) is 3.53. The third-order valence-corrected chi connectivity index (χ3v) is 2.55. The van der Waals surface area contributed by atoms with Crippen LogP contribution in [0.1, 0.15) is 0 Å². The molecule has 2 fully saturated rings. The van der Waals surface area contributed by atoms with Crippen LogP contribution in [0.4, 0.5) is 0 Å². The Morgan fingerprint density at radius 3 is 2.25 bits per heavy atom. The molecular weight excluding hydrogens is 166 g/mol. The Balaban J connectivity index is 2.44. The lowest BCUT2D eigenvalue weighted by Gasteiger charge is -2.27. The molecule has 0 radical (unpaired) electrons. The lowest BCUT2D eigenvalue weighted by atomic mass is 9.95. The van der Waals surface area contributed by atoms with Crippen molar-refractivity contribution in [1.82, 2.24) is 0 Å². The molecular formula is C6H9NO5. The van der Waals surface area contributed by atoms with Crippen LogP contribution in [0.3, 0.4) is 0 Å². The van der Waals surface area contributed by atoms with Gasteiger partial charge in [-0.15, -0.1) is 0 Å². The minimum Gasteiger partial charge on any atom is -0.455 e. The van der Waals surface area contributed by atoms with Gasteiger partial charge in [0.2, 0.25) is 0 Å². The standard InChI is InChI=1S/C6H9NO5/c7-6-3(9)1(8)2(4(6)10)12-5(6)11/h1-4,8-10H,7H2/t1-,2-,3-,4-,6-/m0/s1. The molecule has 6 nitrogen and oxygen atoms in total. The number of fused-ring (bicyclic) bond motifs is 2. The van der Waals surface area contributed by atoms with Crippen LogP contribution in [-0.4, -0.2) is 51.2 Å². The Bertz CT molecular complexity index is 236. The van der Waals surface area contributed by atoms with Crippen LogP contribution >= 0.6 is 0 Å². The molecule has 0 spiro atoms. The first-order valence-electron chi connectivity index (χ1n) is 3.53. The fraction of sp³-hybridized carbons (Fsp3) is 0.833. The van der Waals surface area contributed by atoms with Crippen LogP contribution in [0.5, 0.6) is 0 Å². The molecule has 0 aromatic heterocycles. The van der Waals surface area contributed by atoms with Crippen LogP contribution in [-0.2, 0) is 9.53 Å². The van der Waals surface area contributed by atoms with Crippen molar-refractivity contribution in [1.29, 1.82) is 0 Å². The van der Waals surface area contributed by atoms with Gasteiger partial charge in [-0.25, -0.2) is 4.79 Å². The van der Waals surface area contributed by atoms with E-state index < -0.39 is 35.9 Å². The van der Waals surface area contributed by atoms with Crippen LogP contribution in [0, 0.1) is 0 Å². The fourth-order valence-electron chi connectivity index (χ4n) is 1.70. The van der Waals surface area contributed by atoms with E-state index in [0.29, 0.717) is 0 Å². The average Bonchev–Trinajstić information content (AvgIpc) is 2.33. The van der Waals surface area contributed by atoms with Crippen molar-refractivity contribution < 1.29 is 24.9 Å². The predicted molar refractivity (Wildman–Crippen MR) is 34.8 cm³/mol. The molecule has 1 aliphatic carbocycles. The summed E-state index contributed by atoms with van der Waals surface area (Å²) >= 11 is 0. The minimum atomic E-state index is -1.84. The van der Waals surface area contributed by atoms with Crippen molar-refractivity contribution in [2.75, 3.05) is 0 Å². The molecule has 12 heavy (non-hydrogen) atoms. The Kier molecular flexibility index (Phi) is 1.30. The summed E-state index contributed by atoms with van der Waals surface area (Å²) < 4.78 is 4.53. The molecule has 6 heteroatoms. The van der Waals surface area contributed by atoms with Crippen molar-refractivity contribution in [3.63, 3.8) is 0 Å². The van der Waals surface area contributed by atoms with E-state index in [1.54, 1.807) is 0 Å². The Morgan fingerprint density at radius 1 is 1.33 bits per heavy atom.